The third-order valence-corrected chi connectivity index (χ3v) is 4.31. The Labute approximate surface area is 111 Å². The summed E-state index contributed by atoms with van der Waals surface area (Å²) in [6.07, 6.45) is 0. The molecule has 0 radical (unpaired) electrons. The van der Waals surface area contributed by atoms with Crippen LogP contribution >= 0.6 is 27.5 Å². The van der Waals surface area contributed by atoms with Gasteiger partial charge in [0, 0.05) is 16.1 Å². The summed E-state index contributed by atoms with van der Waals surface area (Å²) in [5, 5.41) is 11.5. The number of halogens is 2. The minimum Gasteiger partial charge on any atom is -0.382 e. The number of hydrogen-bond donors (Lipinski definition) is 1. The Morgan fingerprint density at radius 2 is 2.12 bits per heavy atom. The summed E-state index contributed by atoms with van der Waals surface area (Å²) in [5.41, 5.74) is 0.198. The maximum Gasteiger partial charge on any atom is 0.251 e. The lowest BCUT2D eigenvalue weighted by molar-refractivity contribution is 0.0526. The molecule has 1 unspecified atom stereocenters. The lowest BCUT2D eigenvalue weighted by atomic mass is 9.97. The predicted molar refractivity (Wildman–Crippen MR) is 70.5 cm³/mol. The highest BCUT2D eigenvalue weighted by atomic mass is 79.9. The van der Waals surface area contributed by atoms with Crippen molar-refractivity contribution < 1.29 is 5.11 Å². The van der Waals surface area contributed by atoms with E-state index in [0.29, 0.717) is 5.56 Å². The number of hydrogen-bond acceptors (Lipinski definition) is 2. The van der Waals surface area contributed by atoms with Crippen LogP contribution in [0.15, 0.2) is 33.5 Å². The van der Waals surface area contributed by atoms with Crippen molar-refractivity contribution in [3.8, 4) is 0 Å². The average molecular weight is 315 g/mol. The summed E-state index contributed by atoms with van der Waals surface area (Å²) < 4.78 is 2.36. The molecule has 2 heterocycles. The minimum absolute atomic E-state index is 0.0613. The molecule has 1 aliphatic heterocycles. The zero-order chi connectivity index (χ0) is 12.2. The molecule has 1 aromatic carbocycles. The Bertz CT molecular complexity index is 682. The zero-order valence-corrected chi connectivity index (χ0v) is 11.1. The van der Waals surface area contributed by atoms with E-state index in [1.165, 1.54) is 6.07 Å². The fraction of sp³-hybridized carbons (Fsp3) is 0.250. The smallest absolute Gasteiger partial charge is 0.251 e. The van der Waals surface area contributed by atoms with Gasteiger partial charge in [0.2, 0.25) is 0 Å². The van der Waals surface area contributed by atoms with Gasteiger partial charge in [-0.1, -0.05) is 22.0 Å². The molecule has 3 nitrogen and oxygen atoms in total. The van der Waals surface area contributed by atoms with Crippen LogP contribution in [0.25, 0.3) is 10.9 Å². The maximum absolute atomic E-state index is 11.8. The number of aliphatic hydroxyl groups is 1. The van der Waals surface area contributed by atoms with Gasteiger partial charge in [0.25, 0.3) is 5.56 Å². The summed E-state index contributed by atoms with van der Waals surface area (Å²) >= 11 is 9.28. The SMILES string of the molecule is O=c1ccc2ccc(Br)c3c2n1CC3(O)CCl. The topological polar surface area (TPSA) is 42.2 Å². The minimum atomic E-state index is -1.17. The Morgan fingerprint density at radius 1 is 1.41 bits per heavy atom. The molecule has 0 amide bonds. The monoisotopic (exact) mass is 313 g/mol. The zero-order valence-electron chi connectivity index (χ0n) is 8.78. The third-order valence-electron chi connectivity index (χ3n) is 3.21. The van der Waals surface area contributed by atoms with Gasteiger partial charge < -0.3 is 9.67 Å². The summed E-state index contributed by atoms with van der Waals surface area (Å²) in [6.45, 7) is 0.213. The van der Waals surface area contributed by atoms with E-state index >= 15 is 0 Å². The first-order valence-corrected chi connectivity index (χ1v) is 6.50. The van der Waals surface area contributed by atoms with E-state index < -0.39 is 5.60 Å². The Kier molecular flexibility index (Phi) is 2.37. The molecule has 0 bridgehead atoms. The standard InChI is InChI=1S/C12H9BrClNO2/c13-8-3-1-7-2-4-9(16)15-6-12(17,5-14)10(8)11(7)15/h1-4,17H,5-6H2. The van der Waals surface area contributed by atoms with Crippen molar-refractivity contribution >= 4 is 38.4 Å². The van der Waals surface area contributed by atoms with E-state index in [4.69, 9.17) is 11.6 Å². The first-order chi connectivity index (χ1) is 8.07. The van der Waals surface area contributed by atoms with E-state index in [9.17, 15) is 9.90 Å². The predicted octanol–water partition coefficient (Wildman–Crippen LogP) is 2.20. The van der Waals surface area contributed by atoms with Crippen molar-refractivity contribution in [3.05, 3.63) is 44.7 Å². The van der Waals surface area contributed by atoms with Crippen molar-refractivity contribution in [2.24, 2.45) is 0 Å². The van der Waals surface area contributed by atoms with Crippen molar-refractivity contribution in [1.82, 2.24) is 4.57 Å². The van der Waals surface area contributed by atoms with Crippen LogP contribution in [0.4, 0.5) is 0 Å². The molecule has 1 aliphatic rings. The molecule has 5 heteroatoms. The molecular weight excluding hydrogens is 305 g/mol. The molecule has 0 saturated heterocycles. The van der Waals surface area contributed by atoms with E-state index in [-0.39, 0.29) is 18.0 Å². The van der Waals surface area contributed by atoms with E-state index in [2.05, 4.69) is 15.9 Å². The Hall–Kier alpha value is -0.840. The normalized spacial score (nSPS) is 22.3. The van der Waals surface area contributed by atoms with Gasteiger partial charge in [-0.2, -0.15) is 0 Å². The van der Waals surface area contributed by atoms with Crippen molar-refractivity contribution in [2.45, 2.75) is 12.1 Å². The molecule has 1 N–H and O–H groups in total. The molecule has 1 atom stereocenters. The molecule has 88 valence electrons. The van der Waals surface area contributed by atoms with Crippen LogP contribution < -0.4 is 5.56 Å². The highest BCUT2D eigenvalue weighted by molar-refractivity contribution is 9.10. The van der Waals surface area contributed by atoms with Crippen molar-refractivity contribution in [3.63, 3.8) is 0 Å². The van der Waals surface area contributed by atoms with Gasteiger partial charge in [0.15, 0.2) is 0 Å². The molecule has 2 aromatic rings. The van der Waals surface area contributed by atoms with Crippen LogP contribution in [0.2, 0.25) is 0 Å². The van der Waals surface area contributed by atoms with Crippen molar-refractivity contribution in [2.75, 3.05) is 5.88 Å². The number of nitrogens with zero attached hydrogens (tertiary/aromatic N) is 1. The second kappa shape index (κ2) is 3.57. The maximum atomic E-state index is 11.8. The molecule has 3 rings (SSSR count). The summed E-state index contributed by atoms with van der Waals surface area (Å²) in [6, 6.07) is 7.07. The van der Waals surface area contributed by atoms with Gasteiger partial charge in [-0.15, -0.1) is 11.6 Å². The quantitative estimate of drug-likeness (QED) is 0.820. The summed E-state index contributed by atoms with van der Waals surface area (Å²) in [5.74, 6) is 0.0613. The first-order valence-electron chi connectivity index (χ1n) is 5.18. The number of aromatic nitrogens is 1. The van der Waals surface area contributed by atoms with Crippen LogP contribution in [-0.4, -0.2) is 15.6 Å². The second-order valence-corrected chi connectivity index (χ2v) is 5.40. The highest BCUT2D eigenvalue weighted by Gasteiger charge is 2.39. The Morgan fingerprint density at radius 3 is 2.82 bits per heavy atom. The number of benzene rings is 1. The number of rotatable bonds is 1. The Balaban J connectivity index is 2.53. The highest BCUT2D eigenvalue weighted by Crippen LogP contribution is 2.41. The molecular formula is C12H9BrClNO2. The van der Waals surface area contributed by atoms with Crippen LogP contribution in [-0.2, 0) is 12.1 Å². The van der Waals surface area contributed by atoms with Crippen LogP contribution in [0.1, 0.15) is 5.56 Å². The van der Waals surface area contributed by atoms with E-state index in [0.717, 1.165) is 15.4 Å². The molecule has 0 aliphatic carbocycles. The van der Waals surface area contributed by atoms with Crippen LogP contribution in [0.5, 0.6) is 0 Å². The van der Waals surface area contributed by atoms with Crippen LogP contribution in [0.3, 0.4) is 0 Å². The lowest BCUT2D eigenvalue weighted by Crippen LogP contribution is -2.31. The second-order valence-electron chi connectivity index (χ2n) is 4.28. The first kappa shape index (κ1) is 11.3. The van der Waals surface area contributed by atoms with Gasteiger partial charge in [0.1, 0.15) is 5.60 Å². The van der Waals surface area contributed by atoms with E-state index in [1.54, 1.807) is 10.6 Å². The number of alkyl halides is 1. The van der Waals surface area contributed by atoms with Gasteiger partial charge >= 0.3 is 0 Å². The molecule has 0 fully saturated rings. The van der Waals surface area contributed by atoms with E-state index in [1.807, 2.05) is 12.1 Å². The average Bonchev–Trinajstić information content (AvgIpc) is 2.64. The fourth-order valence-electron chi connectivity index (χ4n) is 2.42. The summed E-state index contributed by atoms with van der Waals surface area (Å²) in [4.78, 5) is 11.8. The molecule has 17 heavy (non-hydrogen) atoms. The number of pyridine rings is 1. The molecule has 0 saturated carbocycles. The van der Waals surface area contributed by atoms with Gasteiger partial charge in [-0.05, 0) is 17.5 Å². The van der Waals surface area contributed by atoms with Gasteiger partial charge in [-0.25, -0.2) is 0 Å². The van der Waals surface area contributed by atoms with Crippen molar-refractivity contribution in [1.29, 1.82) is 0 Å². The molecule has 0 spiro atoms. The van der Waals surface area contributed by atoms with Crippen LogP contribution in [0, 0.1) is 0 Å². The fourth-order valence-corrected chi connectivity index (χ4v) is 3.33. The van der Waals surface area contributed by atoms with Gasteiger partial charge in [-0.3, -0.25) is 4.79 Å². The summed E-state index contributed by atoms with van der Waals surface area (Å²) in [7, 11) is 0. The molecule has 1 aromatic heterocycles. The largest absolute Gasteiger partial charge is 0.382 e. The third kappa shape index (κ3) is 1.41. The lowest BCUT2D eigenvalue weighted by Gasteiger charge is -2.20. The van der Waals surface area contributed by atoms with Gasteiger partial charge in [0.05, 0.1) is 17.9 Å².